The summed E-state index contributed by atoms with van der Waals surface area (Å²) in [6, 6.07) is 5.48. The molecule has 2 aromatic heterocycles. The molecule has 2 aromatic rings. The van der Waals surface area contributed by atoms with Gasteiger partial charge in [-0.1, -0.05) is 6.07 Å². The van der Waals surface area contributed by atoms with Crippen molar-refractivity contribution in [3.05, 3.63) is 40.5 Å². The summed E-state index contributed by atoms with van der Waals surface area (Å²) >= 11 is 0.974. The molecule has 140 valence electrons. The van der Waals surface area contributed by atoms with Crippen LogP contribution in [0.2, 0.25) is 0 Å². The lowest BCUT2D eigenvalue weighted by molar-refractivity contribution is -0.140. The Morgan fingerprint density at radius 2 is 2.31 bits per heavy atom. The lowest BCUT2D eigenvalue weighted by Crippen LogP contribution is -2.40. The molecular weight excluding hydrogens is 367 g/mol. The minimum Gasteiger partial charge on any atom is -0.472 e. The number of hydrogen-bond acceptors (Lipinski definition) is 5. The van der Waals surface area contributed by atoms with Gasteiger partial charge in [0, 0.05) is 37.7 Å². The lowest BCUT2D eigenvalue weighted by atomic mass is 10.3. The standard InChI is InChI=1S/C16H18F3N5OS/c1-20-15(22-8-14-23-12(10-26-14)16(17,18)19)24-7-5-11(9-24)25-13-4-2-3-6-21-13/h2-4,6,10-11H,5,7-9H2,1H3,(H,20,22). The Labute approximate surface area is 152 Å². The fourth-order valence-electron chi connectivity index (χ4n) is 2.61. The molecule has 26 heavy (non-hydrogen) atoms. The SMILES string of the molecule is CN=C(NCc1nc(C(F)(F)F)cs1)N1CCC(Oc2ccccn2)C1. The molecule has 0 saturated carbocycles. The first-order chi connectivity index (χ1) is 12.5. The highest BCUT2D eigenvalue weighted by Crippen LogP contribution is 2.30. The van der Waals surface area contributed by atoms with Crippen molar-refractivity contribution in [3.63, 3.8) is 0 Å². The molecule has 10 heteroatoms. The van der Waals surface area contributed by atoms with Crippen LogP contribution in [0, 0.1) is 0 Å². The Balaban J connectivity index is 1.52. The van der Waals surface area contributed by atoms with Crippen molar-refractivity contribution in [3.8, 4) is 5.88 Å². The van der Waals surface area contributed by atoms with E-state index in [9.17, 15) is 13.2 Å². The first kappa shape index (κ1) is 18.4. The summed E-state index contributed by atoms with van der Waals surface area (Å²) < 4.78 is 43.7. The average Bonchev–Trinajstić information content (AvgIpc) is 3.26. The first-order valence-corrected chi connectivity index (χ1v) is 8.88. The Bertz CT molecular complexity index is 750. The molecule has 6 nitrogen and oxygen atoms in total. The van der Waals surface area contributed by atoms with Crippen molar-refractivity contribution in [2.45, 2.75) is 25.2 Å². The van der Waals surface area contributed by atoms with Crippen LogP contribution in [-0.2, 0) is 12.7 Å². The zero-order valence-corrected chi connectivity index (χ0v) is 14.8. The minimum absolute atomic E-state index is 0.0138. The number of ether oxygens (including phenoxy) is 1. The van der Waals surface area contributed by atoms with E-state index in [1.807, 2.05) is 17.0 Å². The molecule has 3 rings (SSSR count). The van der Waals surface area contributed by atoms with E-state index < -0.39 is 11.9 Å². The summed E-state index contributed by atoms with van der Waals surface area (Å²) in [4.78, 5) is 14.0. The van der Waals surface area contributed by atoms with Crippen LogP contribution < -0.4 is 10.1 Å². The Kier molecular flexibility index (Phi) is 5.60. The number of aliphatic imine (C=N–C) groups is 1. The summed E-state index contributed by atoms with van der Waals surface area (Å²) in [5, 5.41) is 4.44. The highest BCUT2D eigenvalue weighted by Gasteiger charge is 2.33. The van der Waals surface area contributed by atoms with E-state index in [0.29, 0.717) is 23.4 Å². The zero-order valence-electron chi connectivity index (χ0n) is 14.0. The number of nitrogens with zero attached hydrogens (tertiary/aromatic N) is 4. The van der Waals surface area contributed by atoms with E-state index in [2.05, 4.69) is 20.3 Å². The van der Waals surface area contributed by atoms with Gasteiger partial charge in [0.2, 0.25) is 5.88 Å². The fraction of sp³-hybridized carbons (Fsp3) is 0.438. The third kappa shape index (κ3) is 4.63. The minimum atomic E-state index is -4.42. The van der Waals surface area contributed by atoms with Gasteiger partial charge in [0.15, 0.2) is 11.7 Å². The number of guanidine groups is 1. The van der Waals surface area contributed by atoms with Crippen LogP contribution in [0.15, 0.2) is 34.8 Å². The molecule has 1 aliphatic heterocycles. The van der Waals surface area contributed by atoms with Crippen molar-refractivity contribution >= 4 is 17.3 Å². The molecule has 1 saturated heterocycles. The number of hydrogen-bond donors (Lipinski definition) is 1. The molecular formula is C16H18F3N5OS. The summed E-state index contributed by atoms with van der Waals surface area (Å²) in [5.74, 6) is 1.19. The molecule has 0 aliphatic carbocycles. The number of aromatic nitrogens is 2. The molecule has 0 bridgehead atoms. The number of likely N-dealkylation sites (tertiary alicyclic amines) is 1. The maximum absolute atomic E-state index is 12.6. The van der Waals surface area contributed by atoms with Gasteiger partial charge in [-0.25, -0.2) is 9.97 Å². The number of pyridine rings is 1. The normalized spacial score (nSPS) is 18.2. The fourth-order valence-corrected chi connectivity index (χ4v) is 3.35. The molecule has 1 atom stereocenters. The molecule has 1 N–H and O–H groups in total. The van der Waals surface area contributed by atoms with Gasteiger partial charge in [-0.15, -0.1) is 11.3 Å². The summed E-state index contributed by atoms with van der Waals surface area (Å²) in [7, 11) is 1.64. The predicted molar refractivity (Wildman–Crippen MR) is 92.2 cm³/mol. The molecule has 1 unspecified atom stereocenters. The van der Waals surface area contributed by atoms with Crippen LogP contribution in [-0.4, -0.2) is 47.1 Å². The third-order valence-corrected chi connectivity index (χ3v) is 4.67. The van der Waals surface area contributed by atoms with Gasteiger partial charge >= 0.3 is 6.18 Å². The van der Waals surface area contributed by atoms with Crippen molar-refractivity contribution in [2.75, 3.05) is 20.1 Å². The van der Waals surface area contributed by atoms with E-state index in [0.717, 1.165) is 29.7 Å². The van der Waals surface area contributed by atoms with Gasteiger partial charge in [0.1, 0.15) is 11.1 Å². The van der Waals surface area contributed by atoms with Crippen LogP contribution in [0.4, 0.5) is 13.2 Å². The second-order valence-electron chi connectivity index (χ2n) is 5.67. The van der Waals surface area contributed by atoms with Crippen molar-refractivity contribution in [2.24, 2.45) is 4.99 Å². The molecule has 0 spiro atoms. The highest BCUT2D eigenvalue weighted by molar-refractivity contribution is 7.09. The van der Waals surface area contributed by atoms with Crippen molar-refractivity contribution in [1.82, 2.24) is 20.2 Å². The van der Waals surface area contributed by atoms with Gasteiger partial charge in [0.25, 0.3) is 0 Å². The average molecular weight is 385 g/mol. The summed E-state index contributed by atoms with van der Waals surface area (Å²) in [5.41, 5.74) is -0.862. The van der Waals surface area contributed by atoms with Gasteiger partial charge < -0.3 is 15.0 Å². The molecule has 1 aliphatic rings. The topological polar surface area (TPSA) is 62.6 Å². The zero-order chi connectivity index (χ0) is 18.6. The van der Waals surface area contributed by atoms with E-state index >= 15 is 0 Å². The Morgan fingerprint density at radius 1 is 1.46 bits per heavy atom. The number of thiazole rings is 1. The Morgan fingerprint density at radius 3 is 2.96 bits per heavy atom. The predicted octanol–water partition coefficient (Wildman–Crippen LogP) is 2.79. The quantitative estimate of drug-likeness (QED) is 0.648. The number of nitrogens with one attached hydrogen (secondary N) is 1. The van der Waals surface area contributed by atoms with E-state index in [1.54, 1.807) is 19.3 Å². The third-order valence-electron chi connectivity index (χ3n) is 3.82. The van der Waals surface area contributed by atoms with Gasteiger partial charge in [-0.05, 0) is 6.07 Å². The van der Waals surface area contributed by atoms with Gasteiger partial charge in [0.05, 0.1) is 13.1 Å². The van der Waals surface area contributed by atoms with Crippen LogP contribution in [0.1, 0.15) is 17.1 Å². The summed E-state index contributed by atoms with van der Waals surface area (Å²) in [6.07, 6.45) is -1.94. The Hall–Kier alpha value is -2.36. The van der Waals surface area contributed by atoms with Crippen LogP contribution in [0.25, 0.3) is 0 Å². The van der Waals surface area contributed by atoms with Crippen molar-refractivity contribution in [1.29, 1.82) is 0 Å². The van der Waals surface area contributed by atoms with E-state index in [1.165, 1.54) is 0 Å². The van der Waals surface area contributed by atoms with Crippen LogP contribution >= 0.6 is 11.3 Å². The smallest absolute Gasteiger partial charge is 0.434 e. The molecule has 0 amide bonds. The van der Waals surface area contributed by atoms with Crippen LogP contribution in [0.3, 0.4) is 0 Å². The monoisotopic (exact) mass is 385 g/mol. The van der Waals surface area contributed by atoms with Crippen LogP contribution in [0.5, 0.6) is 5.88 Å². The molecule has 0 radical (unpaired) electrons. The number of rotatable bonds is 4. The van der Waals surface area contributed by atoms with Crippen molar-refractivity contribution < 1.29 is 17.9 Å². The summed E-state index contributed by atoms with van der Waals surface area (Å²) in [6.45, 7) is 1.56. The molecule has 1 fully saturated rings. The highest BCUT2D eigenvalue weighted by atomic mass is 32.1. The lowest BCUT2D eigenvalue weighted by Gasteiger charge is -2.21. The van der Waals surface area contributed by atoms with Gasteiger partial charge in [-0.3, -0.25) is 4.99 Å². The van der Waals surface area contributed by atoms with E-state index in [-0.39, 0.29) is 12.6 Å². The first-order valence-electron chi connectivity index (χ1n) is 8.00. The molecule has 3 heterocycles. The second kappa shape index (κ2) is 7.90. The second-order valence-corrected chi connectivity index (χ2v) is 6.61. The maximum atomic E-state index is 12.6. The number of halogens is 3. The number of alkyl halides is 3. The van der Waals surface area contributed by atoms with Gasteiger partial charge in [-0.2, -0.15) is 13.2 Å². The van der Waals surface area contributed by atoms with E-state index in [4.69, 9.17) is 4.74 Å². The molecule has 0 aromatic carbocycles. The largest absolute Gasteiger partial charge is 0.472 e. The maximum Gasteiger partial charge on any atom is 0.434 e.